The van der Waals surface area contributed by atoms with Gasteiger partial charge >= 0.3 is 0 Å². The molecule has 1 N–H and O–H groups in total. The average molecular weight is 498 g/mol. The molecular weight excluding hydrogens is 476 g/mol. The maximum Gasteiger partial charge on any atom is 0.277 e. The number of hydrogen-bond acceptors (Lipinski definition) is 4. The van der Waals surface area contributed by atoms with E-state index >= 15 is 0 Å². The van der Waals surface area contributed by atoms with E-state index in [0.29, 0.717) is 21.9 Å². The van der Waals surface area contributed by atoms with Crippen molar-refractivity contribution in [2.75, 3.05) is 13.7 Å². The third-order valence-corrected chi connectivity index (χ3v) is 4.93. The maximum absolute atomic E-state index is 12.1. The first-order chi connectivity index (χ1) is 12.8. The summed E-state index contributed by atoms with van der Waals surface area (Å²) in [6.07, 6.45) is 0. The number of hydrazone groups is 1. The van der Waals surface area contributed by atoms with Gasteiger partial charge in [-0.15, -0.1) is 0 Å². The van der Waals surface area contributed by atoms with Gasteiger partial charge in [-0.2, -0.15) is 5.10 Å². The van der Waals surface area contributed by atoms with Crippen molar-refractivity contribution in [2.45, 2.75) is 26.7 Å². The van der Waals surface area contributed by atoms with Crippen molar-refractivity contribution in [2.24, 2.45) is 5.10 Å². The van der Waals surface area contributed by atoms with Crippen LogP contribution in [-0.2, 0) is 4.79 Å². The van der Waals surface area contributed by atoms with E-state index in [4.69, 9.17) is 9.47 Å². The van der Waals surface area contributed by atoms with Crippen LogP contribution in [-0.4, -0.2) is 25.3 Å². The van der Waals surface area contributed by atoms with E-state index in [0.717, 1.165) is 15.7 Å². The summed E-state index contributed by atoms with van der Waals surface area (Å²) in [5.74, 6) is 1.10. The molecule has 2 aromatic rings. The Labute approximate surface area is 176 Å². The molecule has 0 saturated heterocycles. The van der Waals surface area contributed by atoms with Gasteiger partial charge in [-0.05, 0) is 52.0 Å². The Morgan fingerprint density at radius 1 is 1.19 bits per heavy atom. The van der Waals surface area contributed by atoms with Crippen molar-refractivity contribution < 1.29 is 14.3 Å². The molecule has 0 bridgehead atoms. The molecule has 0 heterocycles. The number of nitrogens with one attached hydrogen (secondary N) is 1. The predicted octanol–water partition coefficient (Wildman–Crippen LogP) is 5.26. The minimum atomic E-state index is -0.356. The fourth-order valence-corrected chi connectivity index (χ4v) is 3.62. The lowest BCUT2D eigenvalue weighted by molar-refractivity contribution is -0.123. The van der Waals surface area contributed by atoms with Crippen LogP contribution in [0.2, 0.25) is 0 Å². The Kier molecular flexibility index (Phi) is 7.86. The quantitative estimate of drug-likeness (QED) is 0.419. The molecule has 1 amide bonds. The average Bonchev–Trinajstić information content (AvgIpc) is 2.64. The number of methoxy groups -OCH3 is 1. The van der Waals surface area contributed by atoms with Crippen LogP contribution in [0.1, 0.15) is 37.8 Å². The lowest BCUT2D eigenvalue weighted by atomic mass is 10.0. The summed E-state index contributed by atoms with van der Waals surface area (Å²) in [5.41, 5.74) is 5.46. The van der Waals surface area contributed by atoms with Gasteiger partial charge in [-0.1, -0.05) is 54.0 Å². The second-order valence-electron chi connectivity index (χ2n) is 6.22. The van der Waals surface area contributed by atoms with E-state index in [1.807, 2.05) is 25.1 Å². The Morgan fingerprint density at radius 2 is 1.85 bits per heavy atom. The van der Waals surface area contributed by atoms with E-state index in [1.165, 1.54) is 5.56 Å². The number of hydrogen-bond donors (Lipinski definition) is 1. The highest BCUT2D eigenvalue weighted by molar-refractivity contribution is 9.11. The molecule has 0 radical (unpaired) electrons. The summed E-state index contributed by atoms with van der Waals surface area (Å²) in [6, 6.07) is 11.7. The van der Waals surface area contributed by atoms with Crippen LogP contribution in [0.25, 0.3) is 0 Å². The summed E-state index contributed by atoms with van der Waals surface area (Å²) >= 11 is 6.78. The third-order valence-electron chi connectivity index (χ3n) is 3.89. The number of halogens is 2. The number of amides is 1. The fraction of sp³-hybridized carbons (Fsp3) is 0.300. The van der Waals surface area contributed by atoms with E-state index in [2.05, 4.69) is 68.4 Å². The molecule has 0 fully saturated rings. The molecule has 0 saturated carbocycles. The van der Waals surface area contributed by atoms with Crippen LogP contribution in [0.4, 0.5) is 0 Å². The Balaban J connectivity index is 1.97. The Morgan fingerprint density at radius 3 is 2.44 bits per heavy atom. The van der Waals surface area contributed by atoms with Gasteiger partial charge in [0, 0.05) is 4.47 Å². The van der Waals surface area contributed by atoms with Crippen molar-refractivity contribution in [3.63, 3.8) is 0 Å². The van der Waals surface area contributed by atoms with Gasteiger partial charge in [0.25, 0.3) is 5.91 Å². The predicted molar refractivity (Wildman–Crippen MR) is 115 cm³/mol. The van der Waals surface area contributed by atoms with Crippen molar-refractivity contribution in [3.8, 4) is 11.5 Å². The molecule has 2 aromatic carbocycles. The van der Waals surface area contributed by atoms with Crippen LogP contribution in [0, 0.1) is 0 Å². The molecule has 0 aliphatic carbocycles. The molecule has 0 unspecified atom stereocenters. The number of ether oxygens (including phenoxy) is 2. The van der Waals surface area contributed by atoms with E-state index in [-0.39, 0.29) is 12.5 Å². The molecule has 0 aliphatic heterocycles. The lowest BCUT2D eigenvalue weighted by Gasteiger charge is -2.12. The fourth-order valence-electron chi connectivity index (χ4n) is 2.32. The monoisotopic (exact) mass is 496 g/mol. The SMILES string of the molecule is COc1cc(Br)cc(Br)c1OCC(=O)N/N=C(/C)c1ccc(C(C)C)cc1. The van der Waals surface area contributed by atoms with E-state index < -0.39 is 0 Å². The van der Waals surface area contributed by atoms with Gasteiger partial charge in [-0.25, -0.2) is 5.43 Å². The van der Waals surface area contributed by atoms with Crippen molar-refractivity contribution >= 4 is 43.5 Å². The summed E-state index contributed by atoms with van der Waals surface area (Å²) in [6.45, 7) is 5.96. The molecule has 27 heavy (non-hydrogen) atoms. The number of carbonyl (C=O) groups excluding carboxylic acids is 1. The van der Waals surface area contributed by atoms with Gasteiger partial charge in [0.15, 0.2) is 18.1 Å². The largest absolute Gasteiger partial charge is 0.493 e. The van der Waals surface area contributed by atoms with Crippen LogP contribution < -0.4 is 14.9 Å². The summed E-state index contributed by atoms with van der Waals surface area (Å²) in [4.78, 5) is 12.1. The minimum absolute atomic E-state index is 0.181. The summed E-state index contributed by atoms with van der Waals surface area (Å²) in [7, 11) is 1.54. The Bertz CT molecular complexity index is 834. The molecule has 144 valence electrons. The second-order valence-corrected chi connectivity index (χ2v) is 7.99. The van der Waals surface area contributed by atoms with Crippen LogP contribution in [0.3, 0.4) is 0 Å². The smallest absolute Gasteiger partial charge is 0.277 e. The number of rotatable bonds is 7. The standard InChI is InChI=1S/C20H22Br2N2O3/c1-12(2)14-5-7-15(8-6-14)13(3)23-24-19(25)11-27-20-17(22)9-16(21)10-18(20)26-4/h5-10,12H,11H2,1-4H3,(H,24,25)/b23-13-. The van der Waals surface area contributed by atoms with Gasteiger partial charge in [-0.3, -0.25) is 4.79 Å². The van der Waals surface area contributed by atoms with Gasteiger partial charge < -0.3 is 9.47 Å². The zero-order valence-electron chi connectivity index (χ0n) is 15.7. The first kappa shape index (κ1) is 21.4. The van der Waals surface area contributed by atoms with Gasteiger partial charge in [0.1, 0.15) is 0 Å². The number of nitrogens with zero attached hydrogens (tertiary/aromatic N) is 1. The van der Waals surface area contributed by atoms with Crippen LogP contribution in [0.15, 0.2) is 50.4 Å². The molecule has 0 aromatic heterocycles. The minimum Gasteiger partial charge on any atom is -0.493 e. The molecule has 7 heteroatoms. The van der Waals surface area contributed by atoms with Crippen molar-refractivity contribution in [1.82, 2.24) is 5.43 Å². The molecular formula is C20H22Br2N2O3. The highest BCUT2D eigenvalue weighted by Crippen LogP contribution is 2.38. The first-order valence-electron chi connectivity index (χ1n) is 8.41. The number of benzene rings is 2. The van der Waals surface area contributed by atoms with E-state index in [9.17, 15) is 4.79 Å². The zero-order chi connectivity index (χ0) is 20.0. The topological polar surface area (TPSA) is 59.9 Å². The normalized spacial score (nSPS) is 11.4. The van der Waals surface area contributed by atoms with Crippen LogP contribution >= 0.6 is 31.9 Å². The zero-order valence-corrected chi connectivity index (χ0v) is 18.8. The number of carbonyl (C=O) groups is 1. The van der Waals surface area contributed by atoms with E-state index in [1.54, 1.807) is 13.2 Å². The van der Waals surface area contributed by atoms with Gasteiger partial charge in [0.2, 0.25) is 0 Å². The summed E-state index contributed by atoms with van der Waals surface area (Å²) < 4.78 is 12.4. The first-order valence-corrected chi connectivity index (χ1v) is 9.99. The lowest BCUT2D eigenvalue weighted by Crippen LogP contribution is -2.25. The maximum atomic E-state index is 12.1. The molecule has 0 aliphatic rings. The third kappa shape index (κ3) is 6.07. The van der Waals surface area contributed by atoms with Crippen molar-refractivity contribution in [3.05, 3.63) is 56.5 Å². The highest BCUT2D eigenvalue weighted by atomic mass is 79.9. The van der Waals surface area contributed by atoms with Crippen LogP contribution in [0.5, 0.6) is 11.5 Å². The molecule has 2 rings (SSSR count). The second kappa shape index (κ2) is 9.90. The molecule has 5 nitrogen and oxygen atoms in total. The highest BCUT2D eigenvalue weighted by Gasteiger charge is 2.13. The van der Waals surface area contributed by atoms with Crippen molar-refractivity contribution in [1.29, 1.82) is 0 Å². The molecule has 0 atom stereocenters. The summed E-state index contributed by atoms with van der Waals surface area (Å²) in [5, 5.41) is 4.15. The molecule has 0 spiro atoms. The Hall–Kier alpha value is -1.86. The van der Waals surface area contributed by atoms with Gasteiger partial charge in [0.05, 0.1) is 17.3 Å².